The van der Waals surface area contributed by atoms with E-state index in [4.69, 9.17) is 4.74 Å². The zero-order chi connectivity index (χ0) is 23.4. The minimum absolute atomic E-state index is 0.0346. The minimum Gasteiger partial charge on any atom is -0.486 e. The molecule has 33 heavy (non-hydrogen) atoms. The lowest BCUT2D eigenvalue weighted by Gasteiger charge is -2.61. The van der Waals surface area contributed by atoms with Gasteiger partial charge in [0.15, 0.2) is 5.78 Å². The molecule has 5 nitrogen and oxygen atoms in total. The van der Waals surface area contributed by atoms with Crippen LogP contribution in [0, 0.1) is 56.5 Å². The summed E-state index contributed by atoms with van der Waals surface area (Å²) in [7, 11) is 0. The fraction of sp³-hybridized carbons (Fsp3) is 0.750. The Labute approximate surface area is 197 Å². The van der Waals surface area contributed by atoms with Crippen LogP contribution in [-0.2, 0) is 4.79 Å². The maximum Gasteiger partial charge on any atom is 0.269 e. The Morgan fingerprint density at radius 1 is 1.00 bits per heavy atom. The molecule has 180 valence electrons. The van der Waals surface area contributed by atoms with Gasteiger partial charge >= 0.3 is 0 Å². The summed E-state index contributed by atoms with van der Waals surface area (Å²) in [5.41, 5.74) is 0.635. The largest absolute Gasteiger partial charge is 0.486 e. The molecule has 0 N–H and O–H groups in total. The second kappa shape index (κ2) is 8.39. The first-order chi connectivity index (χ1) is 15.7. The number of rotatable bonds is 5. The Balaban J connectivity index is 1.26. The fourth-order valence-corrected chi connectivity index (χ4v) is 9.11. The summed E-state index contributed by atoms with van der Waals surface area (Å²) in [5.74, 6) is 4.86. The summed E-state index contributed by atoms with van der Waals surface area (Å²) < 4.78 is 5.77. The third-order valence-electron chi connectivity index (χ3n) is 10.7. The summed E-state index contributed by atoms with van der Waals surface area (Å²) in [4.78, 5) is 23.7. The number of hydrogen-bond acceptors (Lipinski definition) is 4. The third-order valence-corrected chi connectivity index (χ3v) is 10.7. The lowest BCUT2D eigenvalue weighted by Crippen LogP contribution is -2.54. The van der Waals surface area contributed by atoms with Crippen LogP contribution in [0.15, 0.2) is 24.3 Å². The molecule has 1 aromatic rings. The Kier molecular flexibility index (Phi) is 5.81. The van der Waals surface area contributed by atoms with Crippen molar-refractivity contribution in [2.75, 3.05) is 6.61 Å². The van der Waals surface area contributed by atoms with E-state index in [1.54, 1.807) is 12.1 Å². The van der Waals surface area contributed by atoms with E-state index in [2.05, 4.69) is 20.8 Å². The van der Waals surface area contributed by atoms with E-state index in [0.717, 1.165) is 30.1 Å². The molecule has 0 saturated heterocycles. The molecule has 4 aliphatic carbocycles. The lowest BCUT2D eigenvalue weighted by molar-refractivity contribution is -0.384. The maximum atomic E-state index is 13.3. The number of nitrogens with zero attached hydrogens (tertiary/aromatic N) is 1. The lowest BCUT2D eigenvalue weighted by atomic mass is 9.44. The minimum atomic E-state index is -0.424. The van der Waals surface area contributed by atoms with Crippen LogP contribution < -0.4 is 4.74 Å². The number of fused-ring (bicyclic) bond motifs is 5. The average Bonchev–Trinajstić information content (AvgIpc) is 3.14. The van der Waals surface area contributed by atoms with Crippen molar-refractivity contribution in [1.29, 1.82) is 0 Å². The van der Waals surface area contributed by atoms with Crippen LogP contribution in [0.3, 0.4) is 0 Å². The number of ether oxygens (including phenoxy) is 1. The van der Waals surface area contributed by atoms with E-state index >= 15 is 0 Å². The molecular weight excluding hydrogens is 414 g/mol. The zero-order valence-electron chi connectivity index (χ0n) is 20.4. The summed E-state index contributed by atoms with van der Waals surface area (Å²) in [5, 5.41) is 10.8. The number of nitro benzene ring substituents is 1. The van der Waals surface area contributed by atoms with E-state index in [-0.39, 0.29) is 29.4 Å². The number of hydrogen-bond donors (Lipinski definition) is 0. The molecule has 0 spiro atoms. The SMILES string of the molecule is CC1CC[C@@H]2CC[C@@H]3[C@H](CC[C@]4(C)[C@@H](C(=O)COc5ccc([N+](=O)[O-])cc5)CC[C@@H]34)[C@@]2(C)C1. The van der Waals surface area contributed by atoms with E-state index in [1.165, 1.54) is 63.5 Å². The van der Waals surface area contributed by atoms with Crippen LogP contribution in [-0.4, -0.2) is 17.3 Å². The van der Waals surface area contributed by atoms with Crippen LogP contribution in [0.1, 0.15) is 78.6 Å². The van der Waals surface area contributed by atoms with Gasteiger partial charge in [0.05, 0.1) is 4.92 Å². The van der Waals surface area contributed by atoms with Crippen molar-refractivity contribution in [3.8, 4) is 5.75 Å². The van der Waals surface area contributed by atoms with E-state index in [0.29, 0.717) is 17.1 Å². The van der Waals surface area contributed by atoms with Crippen molar-refractivity contribution in [2.45, 2.75) is 78.6 Å². The normalized spacial score (nSPS) is 42.0. The first-order valence-corrected chi connectivity index (χ1v) is 13.1. The topological polar surface area (TPSA) is 69.4 Å². The Hall–Kier alpha value is -1.91. The van der Waals surface area contributed by atoms with Crippen molar-refractivity contribution < 1.29 is 14.5 Å². The van der Waals surface area contributed by atoms with Gasteiger partial charge in [-0.2, -0.15) is 0 Å². The van der Waals surface area contributed by atoms with Gasteiger partial charge in [-0.3, -0.25) is 14.9 Å². The number of Topliss-reactive ketones (excluding diaryl/α,β-unsaturated/α-hetero) is 1. The van der Waals surface area contributed by atoms with Crippen LogP contribution >= 0.6 is 0 Å². The quantitative estimate of drug-likeness (QED) is 0.361. The van der Waals surface area contributed by atoms with Gasteiger partial charge in [-0.05, 0) is 104 Å². The molecule has 5 heteroatoms. The Bertz CT molecular complexity index is 913. The first-order valence-electron chi connectivity index (χ1n) is 13.1. The first kappa shape index (κ1) is 22.9. The van der Waals surface area contributed by atoms with Crippen LogP contribution in [0.4, 0.5) is 5.69 Å². The molecule has 0 amide bonds. The molecule has 0 bridgehead atoms. The van der Waals surface area contributed by atoms with Gasteiger partial charge in [0.2, 0.25) is 0 Å². The Morgan fingerprint density at radius 2 is 1.70 bits per heavy atom. The number of non-ortho nitro benzene ring substituents is 1. The maximum absolute atomic E-state index is 13.3. The van der Waals surface area contributed by atoms with Crippen LogP contribution in [0.2, 0.25) is 0 Å². The number of carbonyl (C=O) groups is 1. The molecule has 0 aromatic heterocycles. The number of benzene rings is 1. The number of carbonyl (C=O) groups excluding carboxylic acids is 1. The van der Waals surface area contributed by atoms with E-state index in [1.807, 2.05) is 0 Å². The molecule has 4 saturated carbocycles. The zero-order valence-corrected chi connectivity index (χ0v) is 20.4. The molecule has 0 aliphatic heterocycles. The summed E-state index contributed by atoms with van der Waals surface area (Å²) >= 11 is 0. The highest BCUT2D eigenvalue weighted by Crippen LogP contribution is 2.67. The molecule has 0 radical (unpaired) electrons. The van der Waals surface area contributed by atoms with Gasteiger partial charge in [0.25, 0.3) is 5.69 Å². The van der Waals surface area contributed by atoms with Crippen molar-refractivity contribution in [3.63, 3.8) is 0 Å². The van der Waals surface area contributed by atoms with Gasteiger partial charge in [-0.1, -0.05) is 27.2 Å². The molecular formula is C28H39NO4. The van der Waals surface area contributed by atoms with E-state index < -0.39 is 4.92 Å². The predicted molar refractivity (Wildman–Crippen MR) is 128 cm³/mol. The Morgan fingerprint density at radius 3 is 2.42 bits per heavy atom. The van der Waals surface area contributed by atoms with Gasteiger partial charge in [-0.15, -0.1) is 0 Å². The summed E-state index contributed by atoms with van der Waals surface area (Å²) in [6.45, 7) is 7.53. The second-order valence-electron chi connectivity index (χ2n) is 12.2. The molecule has 1 aromatic carbocycles. The van der Waals surface area contributed by atoms with Crippen molar-refractivity contribution in [1.82, 2.24) is 0 Å². The standard InChI is InChI=1S/C28H39NO4/c1-18-4-5-19-6-11-22-23-12-13-25(27(23,2)15-14-24(22)28(19,3)16-18)26(30)17-33-21-9-7-20(8-10-21)29(31)32/h7-10,18-19,22-25H,4-6,11-17H2,1-3H3/t18?,19-,22+,23+,24+,25-,27+,28+/m1/s1. The molecule has 8 atom stereocenters. The highest BCUT2D eigenvalue weighted by molar-refractivity contribution is 5.83. The van der Waals surface area contributed by atoms with Crippen molar-refractivity contribution in [3.05, 3.63) is 34.4 Å². The van der Waals surface area contributed by atoms with E-state index in [9.17, 15) is 14.9 Å². The van der Waals surface area contributed by atoms with Gasteiger partial charge in [-0.25, -0.2) is 0 Å². The van der Waals surface area contributed by atoms with Gasteiger partial charge in [0.1, 0.15) is 12.4 Å². The summed E-state index contributed by atoms with van der Waals surface area (Å²) in [6, 6.07) is 6.02. The predicted octanol–water partition coefficient (Wildman–Crippen LogP) is 6.84. The third kappa shape index (κ3) is 3.80. The average molecular weight is 454 g/mol. The highest BCUT2D eigenvalue weighted by atomic mass is 16.6. The van der Waals surface area contributed by atoms with Crippen molar-refractivity contribution in [2.24, 2.45) is 46.3 Å². The molecule has 0 heterocycles. The van der Waals surface area contributed by atoms with Crippen molar-refractivity contribution >= 4 is 11.5 Å². The van der Waals surface area contributed by atoms with Crippen LogP contribution in [0.25, 0.3) is 0 Å². The number of ketones is 1. The molecule has 4 fully saturated rings. The molecule has 5 rings (SSSR count). The second-order valence-corrected chi connectivity index (χ2v) is 12.2. The summed E-state index contributed by atoms with van der Waals surface area (Å²) in [6.07, 6.45) is 11.6. The van der Waals surface area contributed by atoms with Gasteiger partial charge in [0, 0.05) is 18.1 Å². The monoisotopic (exact) mass is 453 g/mol. The highest BCUT2D eigenvalue weighted by Gasteiger charge is 2.61. The smallest absolute Gasteiger partial charge is 0.269 e. The number of nitro groups is 1. The van der Waals surface area contributed by atoms with Gasteiger partial charge < -0.3 is 4.74 Å². The van der Waals surface area contributed by atoms with Crippen LogP contribution in [0.5, 0.6) is 5.75 Å². The molecule has 4 aliphatic rings. The molecule has 1 unspecified atom stereocenters. The fourth-order valence-electron chi connectivity index (χ4n) is 9.11.